The Balaban J connectivity index is 0.000000171. The lowest BCUT2D eigenvalue weighted by Crippen LogP contribution is -2.55. The van der Waals surface area contributed by atoms with Crippen molar-refractivity contribution in [2.75, 3.05) is 49.2 Å². The van der Waals surface area contributed by atoms with Crippen LogP contribution in [-0.2, 0) is 19.1 Å². The van der Waals surface area contributed by atoms with Gasteiger partial charge in [-0.1, -0.05) is 15.9 Å². The molecule has 0 radical (unpaired) electrons. The molecule has 0 spiro atoms. The van der Waals surface area contributed by atoms with Crippen LogP contribution in [0.3, 0.4) is 0 Å². The summed E-state index contributed by atoms with van der Waals surface area (Å²) >= 11 is 3.70. The first-order chi connectivity index (χ1) is 29.3. The molecule has 2 aromatic rings. The van der Waals surface area contributed by atoms with Crippen LogP contribution in [-0.4, -0.2) is 108 Å². The molecular weight excluding hydrogens is 860 g/mol. The van der Waals surface area contributed by atoms with E-state index in [1.807, 2.05) is 76.2 Å². The first-order valence-corrected chi connectivity index (χ1v) is 22.7. The third-order valence-corrected chi connectivity index (χ3v) is 13.0. The maximum atomic E-state index is 12.5. The van der Waals surface area contributed by atoms with Crippen molar-refractivity contribution < 1.29 is 38.1 Å². The van der Waals surface area contributed by atoms with Crippen molar-refractivity contribution in [1.82, 2.24) is 20.7 Å². The number of piperidine rings is 2. The van der Waals surface area contributed by atoms with Crippen molar-refractivity contribution >= 4 is 63.0 Å². The Bertz CT molecular complexity index is 2180. The largest absolute Gasteiger partial charge is 0.483 e. The first-order valence-electron chi connectivity index (χ1n) is 21.9. The van der Waals surface area contributed by atoms with Crippen molar-refractivity contribution in [2.45, 2.75) is 135 Å². The number of ether oxygens (including phenoxy) is 4. The van der Waals surface area contributed by atoms with E-state index in [0.717, 1.165) is 64.4 Å². The molecule has 1 saturated carbocycles. The van der Waals surface area contributed by atoms with Crippen LogP contribution >= 0.6 is 15.9 Å². The summed E-state index contributed by atoms with van der Waals surface area (Å²) in [7, 11) is 0. The van der Waals surface area contributed by atoms with Crippen LogP contribution in [0.5, 0.6) is 11.5 Å². The van der Waals surface area contributed by atoms with Crippen LogP contribution in [0, 0.1) is 0 Å². The molecule has 1 aliphatic carbocycles. The number of hydrazone groups is 2. The molecule has 62 heavy (non-hydrogen) atoms. The van der Waals surface area contributed by atoms with E-state index in [0.29, 0.717) is 63.0 Å². The molecule has 16 nitrogen and oxygen atoms in total. The van der Waals surface area contributed by atoms with Crippen LogP contribution in [0.2, 0.25) is 0 Å². The van der Waals surface area contributed by atoms with E-state index >= 15 is 0 Å². The SMILES string of the molecule is CC1C(=O)NN=C2COc3cc(Br)c(C4CCN(C(=O)OC(C)(C)C)CC4)cc3N21.CC1C(=O)NN=C2COc3cc(C4CC4)c(C4CCN(C(=O)OC(C)(C)C)CC4)cc3N21. The van der Waals surface area contributed by atoms with Gasteiger partial charge in [0.25, 0.3) is 11.8 Å². The highest BCUT2D eigenvalue weighted by Crippen LogP contribution is 2.50. The summed E-state index contributed by atoms with van der Waals surface area (Å²) in [5.74, 6) is 3.99. The summed E-state index contributed by atoms with van der Waals surface area (Å²) < 4.78 is 23.9. The molecule has 2 unspecified atom stereocenters. The molecule has 3 fully saturated rings. The summed E-state index contributed by atoms with van der Waals surface area (Å²) in [6.45, 7) is 18.4. The highest BCUT2D eigenvalue weighted by molar-refractivity contribution is 9.10. The number of anilines is 2. The molecule has 7 aliphatic rings. The molecule has 0 aromatic heterocycles. The number of rotatable bonds is 3. The standard InChI is InChI=1S/C24H32N4O4.C21H27BrN4O4/c1-14-22(29)26-25-21-13-31-20-12-18(15-5-6-15)17(11-19(20)28(14)21)16-7-9-27(10-8-16)23(30)32-24(2,3)4;1-12-19(27)24-23-18-11-29-17-10-15(22)14(9-16(17)26(12)18)13-5-7-25(8-6-13)20(28)30-21(2,3)4/h11-12,14-16H,5-10,13H2,1-4H3,(H,26,29);9-10,12-13H,5-8,11H2,1-4H3,(H,24,27). The number of nitrogens with zero attached hydrogens (tertiary/aromatic N) is 6. The number of hydrogen-bond donors (Lipinski definition) is 2. The van der Waals surface area contributed by atoms with Gasteiger partial charge in [0.1, 0.15) is 48.0 Å². The minimum Gasteiger partial charge on any atom is -0.483 e. The zero-order valence-electron chi connectivity index (χ0n) is 37.0. The highest BCUT2D eigenvalue weighted by atomic mass is 79.9. The molecule has 2 aromatic carbocycles. The molecular formula is C45H59BrN8O8. The Hall–Kier alpha value is -5.06. The van der Waals surface area contributed by atoms with Gasteiger partial charge in [0, 0.05) is 30.7 Å². The second-order valence-electron chi connectivity index (χ2n) is 19.2. The number of nitrogens with one attached hydrogen (secondary N) is 2. The van der Waals surface area contributed by atoms with E-state index in [-0.39, 0.29) is 36.1 Å². The Morgan fingerprint density at radius 3 is 1.45 bits per heavy atom. The lowest BCUT2D eigenvalue weighted by molar-refractivity contribution is -0.123. The Labute approximate surface area is 371 Å². The van der Waals surface area contributed by atoms with Crippen LogP contribution in [0.15, 0.2) is 38.9 Å². The number of halogens is 1. The second kappa shape index (κ2) is 16.9. The molecule has 4 amide bonds. The number of carbonyl (C=O) groups is 4. The number of amides is 4. The third-order valence-electron chi connectivity index (χ3n) is 12.3. The van der Waals surface area contributed by atoms with Gasteiger partial charge in [0.2, 0.25) is 0 Å². The number of fused-ring (bicyclic) bond motifs is 6. The van der Waals surface area contributed by atoms with E-state index in [4.69, 9.17) is 18.9 Å². The van der Waals surface area contributed by atoms with Crippen LogP contribution < -0.4 is 30.1 Å². The van der Waals surface area contributed by atoms with E-state index < -0.39 is 11.2 Å². The predicted octanol–water partition coefficient (Wildman–Crippen LogP) is 7.30. The van der Waals surface area contributed by atoms with Crippen molar-refractivity contribution in [2.24, 2.45) is 10.2 Å². The maximum Gasteiger partial charge on any atom is 0.410 e. The zero-order chi connectivity index (χ0) is 44.2. The monoisotopic (exact) mass is 918 g/mol. The number of benzene rings is 2. The van der Waals surface area contributed by atoms with E-state index in [1.165, 1.54) is 24.0 Å². The van der Waals surface area contributed by atoms with Crippen molar-refractivity contribution in [3.63, 3.8) is 0 Å². The smallest absolute Gasteiger partial charge is 0.410 e. The third kappa shape index (κ3) is 9.18. The summed E-state index contributed by atoms with van der Waals surface area (Å²) in [4.78, 5) is 56.8. The number of amidine groups is 2. The van der Waals surface area contributed by atoms with Crippen LogP contribution in [0.4, 0.5) is 21.0 Å². The molecule has 2 N–H and O–H groups in total. The summed E-state index contributed by atoms with van der Waals surface area (Å²) in [5.41, 5.74) is 9.80. The van der Waals surface area contributed by atoms with Gasteiger partial charge in [0.15, 0.2) is 11.7 Å². The Kier molecular flexibility index (Phi) is 11.9. The molecule has 17 heteroatoms. The van der Waals surface area contributed by atoms with Gasteiger partial charge in [-0.15, -0.1) is 0 Å². The highest BCUT2D eigenvalue weighted by Gasteiger charge is 2.40. The topological polar surface area (TPSA) is 167 Å². The lowest BCUT2D eigenvalue weighted by Gasteiger charge is -2.39. The first kappa shape index (κ1) is 43.6. The second-order valence-corrected chi connectivity index (χ2v) is 20.1. The minimum atomic E-state index is -0.494. The number of carbonyl (C=O) groups excluding carboxylic acids is 4. The van der Waals surface area contributed by atoms with Crippen molar-refractivity contribution in [1.29, 1.82) is 0 Å². The predicted molar refractivity (Wildman–Crippen MR) is 238 cm³/mol. The van der Waals surface area contributed by atoms with E-state index in [9.17, 15) is 19.2 Å². The molecule has 9 rings (SSSR count). The van der Waals surface area contributed by atoms with Crippen molar-refractivity contribution in [3.05, 3.63) is 45.4 Å². The molecule has 6 heterocycles. The maximum absolute atomic E-state index is 12.5. The van der Waals surface area contributed by atoms with Gasteiger partial charge in [-0.2, -0.15) is 10.2 Å². The van der Waals surface area contributed by atoms with E-state index in [1.54, 1.807) is 4.90 Å². The summed E-state index contributed by atoms with van der Waals surface area (Å²) in [6.07, 6.45) is 5.41. The lowest BCUT2D eigenvalue weighted by atomic mass is 9.84. The Morgan fingerprint density at radius 1 is 0.629 bits per heavy atom. The molecule has 2 atom stereocenters. The van der Waals surface area contributed by atoms with Gasteiger partial charge in [-0.3, -0.25) is 9.59 Å². The van der Waals surface area contributed by atoms with Crippen LogP contribution in [0.25, 0.3) is 0 Å². The molecule has 0 bridgehead atoms. The number of likely N-dealkylation sites (tertiary alicyclic amines) is 2. The van der Waals surface area contributed by atoms with Crippen LogP contribution in [0.1, 0.15) is 128 Å². The average Bonchev–Trinajstić information content (AvgIpc) is 4.08. The minimum absolute atomic E-state index is 0.111. The summed E-state index contributed by atoms with van der Waals surface area (Å²) in [5, 5.41) is 8.37. The fraction of sp³-hybridized carbons (Fsp3) is 0.600. The summed E-state index contributed by atoms with van der Waals surface area (Å²) in [6, 6.07) is 7.79. The molecule has 2 saturated heterocycles. The molecule has 6 aliphatic heterocycles. The fourth-order valence-electron chi connectivity index (χ4n) is 8.98. The normalized spacial score (nSPS) is 22.7. The van der Waals surface area contributed by atoms with Gasteiger partial charge < -0.3 is 38.5 Å². The quantitative estimate of drug-likeness (QED) is 0.319. The van der Waals surface area contributed by atoms with Gasteiger partial charge in [0.05, 0.1) is 11.4 Å². The fourth-order valence-corrected chi connectivity index (χ4v) is 9.63. The average molecular weight is 920 g/mol. The zero-order valence-corrected chi connectivity index (χ0v) is 38.6. The van der Waals surface area contributed by atoms with Gasteiger partial charge in [-0.25, -0.2) is 20.4 Å². The van der Waals surface area contributed by atoms with Crippen molar-refractivity contribution in [3.8, 4) is 11.5 Å². The molecule has 334 valence electrons. The van der Waals surface area contributed by atoms with Gasteiger partial charge >= 0.3 is 12.2 Å². The van der Waals surface area contributed by atoms with Gasteiger partial charge in [-0.05, 0) is 153 Å². The number of hydrogen-bond acceptors (Lipinski definition) is 12. The Morgan fingerprint density at radius 2 is 1.02 bits per heavy atom. The van der Waals surface area contributed by atoms with E-state index in [2.05, 4.69) is 55.2 Å².